The maximum atomic E-state index is 13.5. The van der Waals surface area contributed by atoms with Gasteiger partial charge in [0.1, 0.15) is 22.7 Å². The maximum Gasteiger partial charge on any atom is 0.255 e. The smallest absolute Gasteiger partial charge is 0.255 e. The highest BCUT2D eigenvalue weighted by atomic mass is 32.2. The lowest BCUT2D eigenvalue weighted by Crippen LogP contribution is -2.41. The van der Waals surface area contributed by atoms with Crippen molar-refractivity contribution in [3.63, 3.8) is 0 Å². The van der Waals surface area contributed by atoms with Gasteiger partial charge in [-0.05, 0) is 50.2 Å². The molecule has 1 amide bonds. The van der Waals surface area contributed by atoms with Gasteiger partial charge in [0, 0.05) is 55.2 Å². The van der Waals surface area contributed by atoms with Gasteiger partial charge in [-0.15, -0.1) is 0 Å². The van der Waals surface area contributed by atoms with Crippen LogP contribution in [-0.4, -0.2) is 79.7 Å². The molecule has 0 spiro atoms. The van der Waals surface area contributed by atoms with E-state index in [0.29, 0.717) is 74.5 Å². The molecule has 0 saturated carbocycles. The summed E-state index contributed by atoms with van der Waals surface area (Å²) in [5, 5.41) is 14.1. The highest BCUT2D eigenvalue weighted by molar-refractivity contribution is 7.92. The number of pyridine rings is 1. The van der Waals surface area contributed by atoms with Gasteiger partial charge in [-0.25, -0.2) is 18.4 Å². The minimum absolute atomic E-state index is 0.0965. The molecule has 8 rings (SSSR count). The van der Waals surface area contributed by atoms with Crippen molar-refractivity contribution in [3.05, 3.63) is 95.3 Å². The average Bonchev–Trinajstić information content (AvgIpc) is 3.73. The first-order valence-corrected chi connectivity index (χ1v) is 19.1. The molecule has 5 heterocycles. The molecule has 0 bridgehead atoms. The van der Waals surface area contributed by atoms with Crippen LogP contribution in [0.25, 0.3) is 61.0 Å². The van der Waals surface area contributed by atoms with Crippen LogP contribution in [0.15, 0.2) is 77.2 Å². The first-order chi connectivity index (χ1) is 25.4. The summed E-state index contributed by atoms with van der Waals surface area (Å²) in [4.78, 5) is 26.1. The molecule has 3 aromatic carbocycles. The number of carbonyl (C=O) groups excluding carboxylic acids is 1. The molecule has 268 valence electrons. The number of nitriles is 1. The van der Waals surface area contributed by atoms with Crippen molar-refractivity contribution >= 4 is 60.0 Å². The molecule has 1 atom stereocenters. The Morgan fingerprint density at radius 1 is 1.06 bits per heavy atom. The van der Waals surface area contributed by atoms with Crippen LogP contribution in [0.1, 0.15) is 34.2 Å². The van der Waals surface area contributed by atoms with E-state index >= 15 is 0 Å². The van der Waals surface area contributed by atoms with Crippen molar-refractivity contribution in [1.29, 1.82) is 5.26 Å². The summed E-state index contributed by atoms with van der Waals surface area (Å²) in [6.45, 7) is 6.76. The number of hydrogen-bond acceptors (Lipinski definition) is 9. The van der Waals surface area contributed by atoms with E-state index in [1.54, 1.807) is 25.2 Å². The van der Waals surface area contributed by atoms with E-state index in [9.17, 15) is 18.5 Å². The normalized spacial score (nSPS) is 15.4. The standard InChI is InChI=1S/C40H37N7O5S/c1-23-9-11-25(12-10-23)39-37(40(48)42-3)29-17-28(33(19-35(29)52-39)45(4)53(5,49)50)30-13-14-31-38(44-30)34-18-27-26(20-41)7-6-8-32(27)47(34)36(43-31)22-46-15-16-51-24(2)21-46/h6-14,17-19,24H,15-16,21-22H2,1-5H3,(H,42,48). The Morgan fingerprint density at radius 3 is 2.57 bits per heavy atom. The summed E-state index contributed by atoms with van der Waals surface area (Å²) in [6, 6.07) is 24.7. The fraction of sp³-hybridized carbons (Fsp3) is 0.250. The van der Waals surface area contributed by atoms with Crippen LogP contribution in [-0.2, 0) is 21.3 Å². The van der Waals surface area contributed by atoms with E-state index in [-0.39, 0.29) is 12.0 Å². The monoisotopic (exact) mass is 727 g/mol. The zero-order chi connectivity index (χ0) is 37.2. The van der Waals surface area contributed by atoms with Crippen molar-refractivity contribution in [2.75, 3.05) is 44.4 Å². The highest BCUT2D eigenvalue weighted by Gasteiger charge is 2.27. The second-order valence-electron chi connectivity index (χ2n) is 13.6. The molecule has 0 radical (unpaired) electrons. The number of nitrogens with zero attached hydrogens (tertiary/aromatic N) is 6. The molecule has 13 heteroatoms. The zero-order valence-corrected chi connectivity index (χ0v) is 30.8. The molecule has 1 aliphatic heterocycles. The summed E-state index contributed by atoms with van der Waals surface area (Å²) >= 11 is 0. The third-order valence-corrected chi connectivity index (χ3v) is 11.2. The second kappa shape index (κ2) is 13.0. The maximum absolute atomic E-state index is 13.5. The Morgan fingerprint density at radius 2 is 1.85 bits per heavy atom. The van der Waals surface area contributed by atoms with Gasteiger partial charge in [0.15, 0.2) is 0 Å². The van der Waals surface area contributed by atoms with Crippen LogP contribution >= 0.6 is 0 Å². The number of ether oxygens (including phenoxy) is 1. The third-order valence-electron chi connectivity index (χ3n) is 9.97. The zero-order valence-electron chi connectivity index (χ0n) is 30.0. The predicted octanol–water partition coefficient (Wildman–Crippen LogP) is 6.27. The number of furan rings is 1. The molecular formula is C40H37N7O5S. The number of carbonyl (C=O) groups is 1. The predicted molar refractivity (Wildman–Crippen MR) is 205 cm³/mol. The number of rotatable bonds is 7. The number of benzene rings is 3. The first kappa shape index (κ1) is 34.3. The van der Waals surface area contributed by atoms with E-state index < -0.39 is 10.0 Å². The minimum atomic E-state index is -3.74. The fourth-order valence-corrected chi connectivity index (χ4v) is 7.73. The number of hydrogen-bond donors (Lipinski definition) is 1. The molecule has 1 saturated heterocycles. The number of aryl methyl sites for hydroxylation is 1. The van der Waals surface area contributed by atoms with E-state index in [1.807, 2.05) is 61.5 Å². The third kappa shape index (κ3) is 5.94. The Bertz CT molecular complexity index is 2770. The summed E-state index contributed by atoms with van der Waals surface area (Å²) in [6.07, 6.45) is 1.23. The molecule has 0 aliphatic carbocycles. The Kier molecular flexibility index (Phi) is 8.41. The molecule has 4 aromatic heterocycles. The first-order valence-electron chi connectivity index (χ1n) is 17.3. The number of amides is 1. The van der Waals surface area contributed by atoms with E-state index in [4.69, 9.17) is 19.1 Å². The number of fused-ring (bicyclic) bond motifs is 6. The lowest BCUT2D eigenvalue weighted by Gasteiger charge is -2.31. The summed E-state index contributed by atoms with van der Waals surface area (Å²) < 4.78 is 41.5. The van der Waals surface area contributed by atoms with Crippen molar-refractivity contribution in [3.8, 4) is 28.7 Å². The molecular weight excluding hydrogens is 691 g/mol. The van der Waals surface area contributed by atoms with Crippen molar-refractivity contribution in [2.24, 2.45) is 0 Å². The van der Waals surface area contributed by atoms with Crippen LogP contribution in [0.5, 0.6) is 0 Å². The molecule has 7 aromatic rings. The van der Waals surface area contributed by atoms with E-state index in [2.05, 4.69) is 27.6 Å². The number of nitrogens with one attached hydrogen (secondary N) is 1. The lowest BCUT2D eigenvalue weighted by molar-refractivity contribution is -0.0220. The number of sulfonamides is 1. The number of morpholine rings is 1. The second-order valence-corrected chi connectivity index (χ2v) is 15.6. The van der Waals surface area contributed by atoms with Gasteiger partial charge in [-0.3, -0.25) is 18.4 Å². The average molecular weight is 728 g/mol. The van der Waals surface area contributed by atoms with Crippen LogP contribution in [0.4, 0.5) is 5.69 Å². The van der Waals surface area contributed by atoms with Gasteiger partial charge in [0.25, 0.3) is 5.91 Å². The molecule has 1 unspecified atom stereocenters. The molecule has 1 fully saturated rings. The van der Waals surface area contributed by atoms with Gasteiger partial charge in [0.05, 0.1) is 70.6 Å². The summed E-state index contributed by atoms with van der Waals surface area (Å²) in [5.41, 5.74) is 7.08. The summed E-state index contributed by atoms with van der Waals surface area (Å²) in [5.74, 6) is 0.830. The van der Waals surface area contributed by atoms with Crippen LogP contribution < -0.4 is 9.62 Å². The van der Waals surface area contributed by atoms with Gasteiger partial charge in [0.2, 0.25) is 10.0 Å². The van der Waals surface area contributed by atoms with Gasteiger partial charge in [-0.2, -0.15) is 5.26 Å². The van der Waals surface area contributed by atoms with E-state index in [0.717, 1.165) is 47.2 Å². The van der Waals surface area contributed by atoms with Crippen LogP contribution in [0, 0.1) is 18.3 Å². The fourth-order valence-electron chi connectivity index (χ4n) is 7.23. The van der Waals surface area contributed by atoms with Gasteiger partial charge >= 0.3 is 0 Å². The van der Waals surface area contributed by atoms with Gasteiger partial charge in [-0.1, -0.05) is 35.9 Å². The van der Waals surface area contributed by atoms with Crippen LogP contribution in [0.3, 0.4) is 0 Å². The topological polar surface area (TPSA) is 146 Å². The van der Waals surface area contributed by atoms with Crippen molar-refractivity contribution in [2.45, 2.75) is 26.5 Å². The van der Waals surface area contributed by atoms with Gasteiger partial charge < -0.3 is 14.5 Å². The SMILES string of the molecule is CNC(=O)c1c(-c2ccc(C)cc2)oc2cc(N(C)S(C)(=O)=O)c(-c3ccc4nc(CN5CCOC(C)C5)n5c6cccc(C#N)c6cc5c4n3)cc12. The Labute approximate surface area is 306 Å². The van der Waals surface area contributed by atoms with Crippen LogP contribution in [0.2, 0.25) is 0 Å². The van der Waals surface area contributed by atoms with Crippen molar-refractivity contribution in [1.82, 2.24) is 24.6 Å². The largest absolute Gasteiger partial charge is 0.455 e. The van der Waals surface area contributed by atoms with E-state index in [1.165, 1.54) is 11.4 Å². The number of anilines is 1. The molecule has 1 N–H and O–H groups in total. The minimum Gasteiger partial charge on any atom is -0.455 e. The highest BCUT2D eigenvalue weighted by Crippen LogP contribution is 2.41. The lowest BCUT2D eigenvalue weighted by atomic mass is 10.00. The molecule has 53 heavy (non-hydrogen) atoms. The molecule has 12 nitrogen and oxygen atoms in total. The molecule has 1 aliphatic rings. The number of aromatic nitrogens is 3. The Hall–Kier alpha value is -5.81. The summed E-state index contributed by atoms with van der Waals surface area (Å²) in [7, 11) is -0.701. The van der Waals surface area contributed by atoms with Crippen molar-refractivity contribution < 1.29 is 22.4 Å². The Balaban J connectivity index is 1.39. The quantitative estimate of drug-likeness (QED) is 0.201.